The lowest BCUT2D eigenvalue weighted by molar-refractivity contribution is -0.313. The molecule has 3 unspecified atom stereocenters. The number of aliphatic imine (C=N–C) groups is 1. The molecule has 37 heteroatoms. The number of methoxy groups -OCH3 is 1. The predicted octanol–water partition coefficient (Wildman–Crippen LogP) is 8.58. The third kappa shape index (κ3) is 23.6. The van der Waals surface area contributed by atoms with Crippen LogP contribution in [0.1, 0.15) is 111 Å². The Bertz CT molecular complexity index is 4870. The Morgan fingerprint density at radius 1 is 0.557 bits per heavy atom. The van der Waals surface area contributed by atoms with Crippen molar-refractivity contribution in [3.8, 4) is 6.01 Å². The van der Waals surface area contributed by atoms with Crippen LogP contribution in [0.2, 0.25) is 0 Å². The van der Waals surface area contributed by atoms with Gasteiger partial charge in [0.05, 0.1) is 43.8 Å². The topological polar surface area (TPSA) is 429 Å². The quantitative estimate of drug-likeness (QED) is 0.00686. The third-order valence-corrected chi connectivity index (χ3v) is 26.9. The van der Waals surface area contributed by atoms with Gasteiger partial charge < -0.3 is 86.2 Å². The zero-order valence-corrected chi connectivity index (χ0v) is 74.1. The summed E-state index contributed by atoms with van der Waals surface area (Å²) in [5, 5.41) is 94.8. The number of hydrogen-bond acceptors (Lipinski definition) is 29. The van der Waals surface area contributed by atoms with Gasteiger partial charge in [-0.15, -0.1) is 52.7 Å². The number of anilines is 4. The molecule has 12 rings (SSSR count). The average molecular weight is 1690 g/mol. The van der Waals surface area contributed by atoms with Gasteiger partial charge in [0.25, 0.3) is 11.6 Å². The van der Waals surface area contributed by atoms with Crippen molar-refractivity contribution in [1.29, 1.82) is 0 Å². The molecule has 0 saturated carbocycles. The smallest absolute Gasteiger partial charge is 0.397 e. The molecule has 5 aliphatic heterocycles. The molecule has 5 aliphatic rings. The number of nitrogens with one attached hydrogen (secondary N) is 3. The maximum atomic E-state index is 10.7. The van der Waals surface area contributed by atoms with E-state index in [4.69, 9.17) is 29.4 Å². The number of allylic oxidation sites excluding steroid dienone is 3. The number of imidazole rings is 3. The van der Waals surface area contributed by atoms with Gasteiger partial charge in [-0.25, -0.2) is 39.9 Å². The van der Waals surface area contributed by atoms with Crippen LogP contribution in [0.3, 0.4) is 0 Å². The molecule has 15 atom stereocenters. The lowest BCUT2D eigenvalue weighted by Gasteiger charge is -2.19. The maximum absolute atomic E-state index is 10.7. The number of aliphatic hydroxyl groups excluding tert-OH is 8. The first-order chi connectivity index (χ1) is 54.2. The van der Waals surface area contributed by atoms with Gasteiger partial charge in [-0.2, -0.15) is 9.56 Å². The van der Waals surface area contributed by atoms with E-state index in [1.165, 1.54) is 48.3 Å². The fourth-order valence-electron chi connectivity index (χ4n) is 13.1. The minimum atomic E-state index is -1.27. The van der Waals surface area contributed by atoms with Crippen molar-refractivity contribution in [1.82, 2.24) is 63.5 Å². The van der Waals surface area contributed by atoms with E-state index >= 15 is 0 Å². The number of aromatic nitrogens is 13. The summed E-state index contributed by atoms with van der Waals surface area (Å²) in [5.74, 6) is 3.06. The van der Waals surface area contributed by atoms with Crippen molar-refractivity contribution >= 4 is 145 Å². The molecule has 634 valence electrons. The second kappa shape index (κ2) is 39.9. The van der Waals surface area contributed by atoms with Gasteiger partial charge >= 0.3 is 11.8 Å². The molecule has 4 fully saturated rings. The van der Waals surface area contributed by atoms with Gasteiger partial charge in [0.15, 0.2) is 75.4 Å². The monoisotopic (exact) mass is 1690 g/mol. The largest absolute Gasteiger partial charge is 0.463 e. The van der Waals surface area contributed by atoms with Crippen LogP contribution in [0.4, 0.5) is 34.6 Å². The van der Waals surface area contributed by atoms with Gasteiger partial charge in [-0.05, 0) is 168 Å². The van der Waals surface area contributed by atoms with Crippen LogP contribution in [0.25, 0.3) is 33.5 Å². The van der Waals surface area contributed by atoms with E-state index in [1.807, 2.05) is 13.2 Å². The van der Waals surface area contributed by atoms with E-state index in [0.717, 1.165) is 43.9 Å². The molecule has 0 radical (unpaired) electrons. The van der Waals surface area contributed by atoms with Crippen molar-refractivity contribution in [2.24, 2.45) is 4.99 Å². The fraction of sp³-hybridized carbons (Fsp3) is 0.590. The summed E-state index contributed by atoms with van der Waals surface area (Å²) in [6.45, 7) is 28.4. The zero-order valence-electron chi connectivity index (χ0n) is 69.7. The number of ether oxygens (including phenoxy) is 5. The summed E-state index contributed by atoms with van der Waals surface area (Å²) in [4.78, 5) is 48.7. The standard InChI is InChI=1S/C21H33N5O4P.C21H34N5O3PS.C20H32N5O3P.C16H25N4O3P/c1-7-13(2)8-10-22-18-15-19(25-21(24-18)29-3)26(12-23-15)20-17(28)16(27)14(30-20)9-11-31(4,5)6;1-7-13(2)8-10-22-18-15-19(25-21(24-18)31-6)26(12-23-15)20-17(28)16(27)14(29-20)9-11-30(3,4)5;1-6-13(2)7-9-21-18-15-19(23-11-22-18)25(12-24-15)20-17(27)16(26)14(28-20)8-10-29(3,4)5;1-9-19-12-10(17)5-7-18-15(12)20(9)16-14(22)13(21)11(23-16)6-8-24(2,3)4/h8,12,14,16-17,27-28H,4,7,9-11H2,1-3,5-6H3,(H,22,24,25);8,12,14,16-17,20,27-28H,3,7,9-11H2,1-2,4-6H3,(H,22,24,25);7,11-12,14,16-17,20,26-27H,3,6,8-10H2,1-2,4-5H3,(H,21,22,23);5,7,11,13-14,16,21-22H,2,6,8H2,1,3-4H3,(H2,17,18)/q+1;;;/b13-8-,26-20?;13-8-;13-7-;/t14-,16-,17-;2*14-,16-,17-,20?;11-,13-,14-,16?/m1111/s1. The minimum absolute atomic E-state index is 0.168. The molecule has 0 aliphatic carbocycles. The van der Waals surface area contributed by atoms with Crippen LogP contribution < -0.4 is 26.4 Å². The molecular formula is C78H124N19O13P4S+. The summed E-state index contributed by atoms with van der Waals surface area (Å²) in [7, 11) is 1.49. The van der Waals surface area contributed by atoms with Gasteiger partial charge in [0.2, 0.25) is 6.34 Å². The molecule has 7 aromatic heterocycles. The van der Waals surface area contributed by atoms with Crippen molar-refractivity contribution in [3.05, 3.63) is 72.0 Å². The highest BCUT2D eigenvalue weighted by atomic mass is 32.2. The number of nitrogens with zero attached hydrogens (tertiary/aromatic N) is 15. The molecule has 0 amide bonds. The molecule has 0 bridgehead atoms. The minimum Gasteiger partial charge on any atom is -0.463 e. The first-order valence-electron chi connectivity index (χ1n) is 38.9. The Balaban J connectivity index is 0.000000176. The highest BCUT2D eigenvalue weighted by Gasteiger charge is 2.49. The molecule has 12 heterocycles. The molecule has 0 spiro atoms. The van der Waals surface area contributed by atoms with E-state index in [0.29, 0.717) is 124 Å². The van der Waals surface area contributed by atoms with E-state index in [2.05, 4.69) is 209 Å². The lowest BCUT2D eigenvalue weighted by Crippen LogP contribution is -2.33. The third-order valence-electron chi connectivity index (χ3n) is 20.5. The second-order valence-corrected chi connectivity index (χ2v) is 50.6. The molecule has 13 N–H and O–H groups in total. The molecule has 7 aromatic rings. The number of thioether (sulfide) groups is 1. The highest BCUT2D eigenvalue weighted by Crippen LogP contribution is 2.45. The van der Waals surface area contributed by atoms with Crippen LogP contribution in [-0.2, 0) is 18.9 Å². The summed E-state index contributed by atoms with van der Waals surface area (Å²) >= 11 is 1.43. The number of rotatable bonds is 29. The van der Waals surface area contributed by atoms with Crippen molar-refractivity contribution in [3.63, 3.8) is 0 Å². The first kappa shape index (κ1) is 92.2. The Morgan fingerprint density at radius 3 is 1.50 bits per heavy atom. The molecule has 4 saturated heterocycles. The van der Waals surface area contributed by atoms with Crippen LogP contribution in [-0.4, -0.2) is 331 Å². The normalized spacial score (nSPS) is 25.9. The number of nitrogen functional groups attached to an aromatic ring is 1. The Morgan fingerprint density at radius 2 is 1.02 bits per heavy atom. The van der Waals surface area contributed by atoms with E-state index < -0.39 is 119 Å². The summed E-state index contributed by atoms with van der Waals surface area (Å²) in [6, 6.07) is 1.85. The Kier molecular flexibility index (Phi) is 32.0. The first-order valence-corrected chi connectivity index (χ1v) is 52.3. The molecule has 0 aromatic carbocycles. The van der Waals surface area contributed by atoms with Gasteiger partial charge in [-0.1, -0.05) is 72.5 Å². The predicted molar refractivity (Wildman–Crippen MR) is 475 cm³/mol. The number of aryl methyl sites for hydroxylation is 1. The van der Waals surface area contributed by atoms with Crippen LogP contribution in [0.15, 0.2) is 76.3 Å². The summed E-state index contributed by atoms with van der Waals surface area (Å²) in [6.07, 6.45) is 29.7. The highest BCUT2D eigenvalue weighted by molar-refractivity contribution is 7.98. The van der Waals surface area contributed by atoms with Crippen LogP contribution in [0.5, 0.6) is 6.01 Å². The van der Waals surface area contributed by atoms with Crippen molar-refractivity contribution in [2.45, 2.75) is 190 Å². The number of nitrogens with two attached hydrogens (primary N) is 1. The zero-order chi connectivity index (χ0) is 84.3. The van der Waals surface area contributed by atoms with Gasteiger partial charge in [0, 0.05) is 25.8 Å². The number of hydrogen-bond donors (Lipinski definition) is 12. The second-order valence-electron chi connectivity index (χ2n) is 32.6. The Labute approximate surface area is 680 Å². The number of pyridine rings is 1. The van der Waals surface area contributed by atoms with Crippen LogP contribution in [0, 0.1) is 6.92 Å². The van der Waals surface area contributed by atoms with Gasteiger partial charge in [0.1, 0.15) is 66.5 Å². The Hall–Kier alpha value is -6.73. The summed E-state index contributed by atoms with van der Waals surface area (Å²) < 4.78 is 36.0. The van der Waals surface area contributed by atoms with E-state index in [-0.39, 0.29) is 11.9 Å². The molecule has 115 heavy (non-hydrogen) atoms. The van der Waals surface area contributed by atoms with Gasteiger partial charge in [-0.3, -0.25) is 13.7 Å². The molecule has 32 nitrogen and oxygen atoms in total. The van der Waals surface area contributed by atoms with E-state index in [9.17, 15) is 40.9 Å². The van der Waals surface area contributed by atoms with Crippen LogP contribution >= 0.6 is 39.3 Å². The fourth-order valence-corrected chi connectivity index (χ4v) is 17.3. The summed E-state index contributed by atoms with van der Waals surface area (Å²) in [5.41, 5.74) is 14.3. The number of fused-ring (bicyclic) bond motifs is 4. The molecular weight excluding hydrogens is 1570 g/mol. The average Bonchev–Trinajstić information content (AvgIpc) is 1.62. The van der Waals surface area contributed by atoms with Crippen molar-refractivity contribution < 1.29 is 69.1 Å². The number of aliphatic hydroxyl groups is 8. The van der Waals surface area contributed by atoms with Crippen molar-refractivity contribution in [2.75, 3.05) is 133 Å². The lowest BCUT2D eigenvalue weighted by atomic mass is 10.1. The van der Waals surface area contributed by atoms with E-state index in [1.54, 1.807) is 43.2 Å². The SMILES string of the molecule is C=P(C)(C)CC[C@H]1OC(=[N+]2C=Nc3c(NC/C=C(/C)CC)nc(OC)nc32)[C@H](O)[C@@H]1O.C=P(C)(C)CC[C@H]1OC(n2c(C)nc3c(N)ccnc32)[C@H](O)[C@@H]1O.C=P(C)(C)CC[C@H]1OC(n2cnc3c(NC/C=C(/C)CC)nc(SC)nc32)[C@H](O)[C@@H]1O.C=P(C)(C)CC[C@H]1OC(n2cnc3c(NC/C=C(/C)CC)ncnc32)[C@H](O)[C@@H]1O. The maximum Gasteiger partial charge on any atom is 0.397 e.